The zero-order valence-corrected chi connectivity index (χ0v) is 7.28. The van der Waals surface area contributed by atoms with Crippen molar-refractivity contribution in [1.82, 2.24) is 0 Å². The lowest BCUT2D eigenvalue weighted by Crippen LogP contribution is -1.99. The van der Waals surface area contributed by atoms with E-state index in [0.717, 1.165) is 0 Å². The maximum Gasteiger partial charge on any atom is 0.349 e. The molecule has 0 bridgehead atoms. The molecule has 0 aliphatic carbocycles. The van der Waals surface area contributed by atoms with Crippen LogP contribution in [0.5, 0.6) is 5.75 Å². The van der Waals surface area contributed by atoms with Gasteiger partial charge in [0, 0.05) is 10.9 Å². The Kier molecular flexibility index (Phi) is 2.95. The van der Waals surface area contributed by atoms with E-state index in [2.05, 4.69) is 5.22 Å². The first kappa shape index (κ1) is 9.90. The van der Waals surface area contributed by atoms with Crippen molar-refractivity contribution < 1.29 is 14.6 Å². The lowest BCUT2D eigenvalue weighted by molar-refractivity contribution is -0.642. The number of methoxy groups -OCH3 is 1. The molecule has 74 valence electrons. The zero-order chi connectivity index (χ0) is 10.6. The van der Waals surface area contributed by atoms with E-state index in [1.165, 1.54) is 19.2 Å². The Labute approximate surface area is 78.9 Å². The van der Waals surface area contributed by atoms with Crippen molar-refractivity contribution >= 4 is 5.69 Å². The van der Waals surface area contributed by atoms with E-state index in [9.17, 15) is 15.3 Å². The van der Waals surface area contributed by atoms with Gasteiger partial charge in [0.25, 0.3) is 10.7 Å². The van der Waals surface area contributed by atoms with Gasteiger partial charge < -0.3 is 9.94 Å². The minimum absolute atomic E-state index is 0.00769. The van der Waals surface area contributed by atoms with Gasteiger partial charge in [-0.3, -0.25) is 0 Å². The van der Waals surface area contributed by atoms with Crippen molar-refractivity contribution in [3.05, 3.63) is 39.6 Å². The summed E-state index contributed by atoms with van der Waals surface area (Å²) in [5.41, 5.74) is -0.00769. The van der Waals surface area contributed by atoms with Crippen molar-refractivity contribution in [3.63, 3.8) is 0 Å². The van der Waals surface area contributed by atoms with Crippen LogP contribution >= 0.6 is 0 Å². The molecule has 0 aliphatic heterocycles. The number of rotatable bonds is 3. The van der Waals surface area contributed by atoms with Gasteiger partial charge in [0.05, 0.1) is 7.11 Å². The first-order valence-electron chi connectivity index (χ1n) is 3.61. The molecule has 14 heavy (non-hydrogen) atoms. The normalized spacial score (nSPS) is 11.1. The summed E-state index contributed by atoms with van der Waals surface area (Å²) in [7, 11) is 1.36. The van der Waals surface area contributed by atoms with Gasteiger partial charge in [-0.15, -0.1) is 0 Å². The standard InChI is InChI=1S/C7H7N3O4/c1-14-7-5-3-2-4-6(7)9(11)8-10(12)13/h2-5H,1H3. The molecule has 0 radical (unpaired) electrons. The molecule has 1 aromatic rings. The van der Waals surface area contributed by atoms with Crippen molar-refractivity contribution in [2.24, 2.45) is 5.22 Å². The Hall–Kier alpha value is -2.18. The second kappa shape index (κ2) is 4.17. The quantitative estimate of drug-likeness (QED) is 0.317. The highest BCUT2D eigenvalue weighted by Gasteiger charge is 2.14. The van der Waals surface area contributed by atoms with Gasteiger partial charge in [0.15, 0.2) is 5.75 Å². The van der Waals surface area contributed by atoms with Crippen molar-refractivity contribution in [3.8, 4) is 5.75 Å². The smallest absolute Gasteiger partial charge is 0.349 e. The molecule has 1 aromatic carbocycles. The second-order valence-electron chi connectivity index (χ2n) is 2.27. The number of ether oxygens (including phenoxy) is 1. The van der Waals surface area contributed by atoms with E-state index in [-0.39, 0.29) is 16.3 Å². The lowest BCUT2D eigenvalue weighted by Gasteiger charge is -2.01. The molecule has 0 aromatic heterocycles. The van der Waals surface area contributed by atoms with E-state index >= 15 is 0 Å². The van der Waals surface area contributed by atoms with Crippen LogP contribution in [0.4, 0.5) is 5.69 Å². The van der Waals surface area contributed by atoms with Gasteiger partial charge in [-0.05, 0) is 6.07 Å². The van der Waals surface area contributed by atoms with Crippen LogP contribution in [0.1, 0.15) is 0 Å². The van der Waals surface area contributed by atoms with Crippen LogP contribution in [0.3, 0.4) is 0 Å². The van der Waals surface area contributed by atoms with Crippen LogP contribution in [-0.4, -0.2) is 17.0 Å². The SMILES string of the molecule is COc1ccccc1[N+]([O-])=N[N+](=O)[O-]. The van der Waals surface area contributed by atoms with E-state index in [1.807, 2.05) is 0 Å². The average molecular weight is 197 g/mol. The summed E-state index contributed by atoms with van der Waals surface area (Å²) in [5.74, 6) is 0.230. The Bertz CT molecular complexity index is 377. The van der Waals surface area contributed by atoms with Crippen molar-refractivity contribution in [2.75, 3.05) is 7.11 Å². The summed E-state index contributed by atoms with van der Waals surface area (Å²) in [6.45, 7) is 0. The topological polar surface area (TPSA) is 90.8 Å². The molecule has 0 unspecified atom stereocenters. The van der Waals surface area contributed by atoms with Crippen LogP contribution in [0.15, 0.2) is 29.5 Å². The Morgan fingerprint density at radius 2 is 2.00 bits per heavy atom. The summed E-state index contributed by atoms with van der Waals surface area (Å²) in [5, 5.41) is 22.5. The number of hydrogen-bond donors (Lipinski definition) is 0. The molecule has 0 N–H and O–H groups in total. The Morgan fingerprint density at radius 1 is 1.36 bits per heavy atom. The minimum Gasteiger partial charge on any atom is -0.590 e. The van der Waals surface area contributed by atoms with Crippen molar-refractivity contribution in [1.29, 1.82) is 0 Å². The highest BCUT2D eigenvalue weighted by Crippen LogP contribution is 2.25. The van der Waals surface area contributed by atoms with Gasteiger partial charge >= 0.3 is 5.22 Å². The van der Waals surface area contributed by atoms with Crippen LogP contribution < -0.4 is 4.74 Å². The first-order valence-corrected chi connectivity index (χ1v) is 3.61. The first-order chi connectivity index (χ1) is 6.65. The highest BCUT2D eigenvalue weighted by molar-refractivity contribution is 5.45. The summed E-state index contributed by atoms with van der Waals surface area (Å²) < 4.78 is 4.82. The lowest BCUT2D eigenvalue weighted by atomic mass is 10.3. The molecule has 0 fully saturated rings. The van der Waals surface area contributed by atoms with E-state index in [1.54, 1.807) is 12.1 Å². The maximum absolute atomic E-state index is 11.1. The van der Waals surface area contributed by atoms with Gasteiger partial charge in [0.2, 0.25) is 0 Å². The fourth-order valence-corrected chi connectivity index (χ4v) is 0.902. The highest BCUT2D eigenvalue weighted by atomic mass is 16.7. The number of nitrogens with zero attached hydrogens (tertiary/aromatic N) is 3. The maximum atomic E-state index is 11.1. The number of para-hydroxylation sites is 2. The fraction of sp³-hybridized carbons (Fsp3) is 0.143. The van der Waals surface area contributed by atoms with E-state index in [4.69, 9.17) is 4.74 Å². The molecule has 0 amide bonds. The predicted molar refractivity (Wildman–Crippen MR) is 45.7 cm³/mol. The monoisotopic (exact) mass is 197 g/mol. The molecule has 0 spiro atoms. The van der Waals surface area contributed by atoms with Crippen molar-refractivity contribution in [2.45, 2.75) is 0 Å². The van der Waals surface area contributed by atoms with Gasteiger partial charge in [0.1, 0.15) is 0 Å². The van der Waals surface area contributed by atoms with E-state index in [0.29, 0.717) is 0 Å². The second-order valence-corrected chi connectivity index (χ2v) is 2.27. The molecule has 0 saturated carbocycles. The third-order valence-electron chi connectivity index (χ3n) is 1.45. The van der Waals surface area contributed by atoms with Gasteiger partial charge in [-0.1, -0.05) is 12.1 Å². The fourth-order valence-electron chi connectivity index (χ4n) is 0.902. The molecule has 0 atom stereocenters. The number of nitro groups is 1. The van der Waals surface area contributed by atoms with E-state index < -0.39 is 5.03 Å². The Balaban J connectivity index is 3.11. The molecule has 0 heterocycles. The molecule has 1 rings (SSSR count). The largest absolute Gasteiger partial charge is 0.590 e. The predicted octanol–water partition coefficient (Wildman–Crippen LogP) is 1.48. The van der Waals surface area contributed by atoms with Crippen LogP contribution in [0, 0.1) is 15.3 Å². The average Bonchev–Trinajstić information content (AvgIpc) is 2.16. The molecule has 7 nitrogen and oxygen atoms in total. The van der Waals surface area contributed by atoms with Crippen LogP contribution in [0.2, 0.25) is 0 Å². The molecular weight excluding hydrogens is 190 g/mol. The number of benzene rings is 1. The molecule has 0 aliphatic rings. The Morgan fingerprint density at radius 3 is 2.57 bits per heavy atom. The summed E-state index contributed by atoms with van der Waals surface area (Å²) in [6.07, 6.45) is 0. The van der Waals surface area contributed by atoms with Gasteiger partial charge in [-0.25, -0.2) is 10.1 Å². The molecule has 7 heteroatoms. The zero-order valence-electron chi connectivity index (χ0n) is 7.28. The van der Waals surface area contributed by atoms with Gasteiger partial charge in [-0.2, -0.15) is 0 Å². The molecular formula is C7H7N3O4. The van der Waals surface area contributed by atoms with Crippen LogP contribution in [0.25, 0.3) is 0 Å². The minimum atomic E-state index is -1.07. The summed E-state index contributed by atoms with van der Waals surface area (Å²) in [4.78, 5) is 9.84. The third-order valence-corrected chi connectivity index (χ3v) is 1.45. The van der Waals surface area contributed by atoms with Crippen LogP contribution in [-0.2, 0) is 0 Å². The summed E-state index contributed by atoms with van der Waals surface area (Å²) in [6, 6.07) is 6.08. The third kappa shape index (κ3) is 2.16. The molecule has 0 saturated heterocycles. The summed E-state index contributed by atoms with van der Waals surface area (Å²) >= 11 is 0. The number of hydrogen-bond acceptors (Lipinski definition) is 4.